The third-order valence-corrected chi connectivity index (χ3v) is 6.08. The SMILES string of the molecule is C[Si](C)(C)OS(C)(=O)=NS(C)(=O)=O. The molecule has 0 amide bonds. The molecule has 5 nitrogen and oxygen atoms in total. The largest absolute Gasteiger partial charge is 0.329 e. The Morgan fingerprint density at radius 2 is 1.46 bits per heavy atom. The van der Waals surface area contributed by atoms with Crippen LogP contribution in [0, 0.1) is 0 Å². The van der Waals surface area contributed by atoms with Gasteiger partial charge < -0.3 is 3.87 Å². The van der Waals surface area contributed by atoms with Crippen LogP contribution in [0.25, 0.3) is 0 Å². The van der Waals surface area contributed by atoms with Crippen LogP contribution >= 0.6 is 0 Å². The molecule has 1 atom stereocenters. The molecule has 0 aliphatic heterocycles. The van der Waals surface area contributed by atoms with Gasteiger partial charge in [0.1, 0.15) is 0 Å². The van der Waals surface area contributed by atoms with E-state index in [9.17, 15) is 12.6 Å². The summed E-state index contributed by atoms with van der Waals surface area (Å²) in [6, 6.07) is 0. The molecule has 0 bridgehead atoms. The zero-order valence-corrected chi connectivity index (χ0v) is 11.0. The first-order valence-corrected chi connectivity index (χ1v) is 10.7. The van der Waals surface area contributed by atoms with Gasteiger partial charge in [-0.1, -0.05) is 3.77 Å². The summed E-state index contributed by atoms with van der Waals surface area (Å²) < 4.78 is 41.2. The highest BCUT2D eigenvalue weighted by Crippen LogP contribution is 2.10. The van der Waals surface area contributed by atoms with Gasteiger partial charge in [-0.05, 0) is 19.6 Å². The molecule has 0 saturated heterocycles. The summed E-state index contributed by atoms with van der Waals surface area (Å²) in [5.41, 5.74) is 0. The lowest BCUT2D eigenvalue weighted by Gasteiger charge is -2.16. The molecule has 0 aromatic rings. The van der Waals surface area contributed by atoms with E-state index in [4.69, 9.17) is 3.87 Å². The fourth-order valence-electron chi connectivity index (χ4n) is 0.725. The predicted molar refractivity (Wildman–Crippen MR) is 55.8 cm³/mol. The number of hydrogen-bond donors (Lipinski definition) is 0. The molecule has 0 rings (SSSR count). The summed E-state index contributed by atoms with van der Waals surface area (Å²) in [6.07, 6.45) is 2.08. The quantitative estimate of drug-likeness (QED) is 0.690. The van der Waals surface area contributed by atoms with Crippen LogP contribution in [0.5, 0.6) is 0 Å². The fourth-order valence-corrected chi connectivity index (χ4v) is 6.80. The minimum atomic E-state index is -3.61. The number of rotatable bonds is 3. The van der Waals surface area contributed by atoms with Gasteiger partial charge in [0.05, 0.1) is 6.26 Å². The first-order valence-electron chi connectivity index (χ1n) is 3.55. The van der Waals surface area contributed by atoms with E-state index in [1.807, 2.05) is 19.6 Å². The van der Waals surface area contributed by atoms with Gasteiger partial charge >= 0.3 is 0 Å². The van der Waals surface area contributed by atoms with Crippen molar-refractivity contribution in [1.82, 2.24) is 0 Å². The predicted octanol–water partition coefficient (Wildman–Crippen LogP) is 0.810. The molecule has 8 heteroatoms. The van der Waals surface area contributed by atoms with Crippen LogP contribution in [0.4, 0.5) is 0 Å². The van der Waals surface area contributed by atoms with Crippen molar-refractivity contribution in [3.8, 4) is 0 Å². The Bertz CT molecular complexity index is 385. The van der Waals surface area contributed by atoms with Crippen LogP contribution in [0.1, 0.15) is 0 Å². The molecule has 0 radical (unpaired) electrons. The standard InChI is InChI=1S/C5H15NO4S2Si/c1-11(7,8)6-12(2,9)10-13(3,4)5/h1-5H3. The van der Waals surface area contributed by atoms with Crippen molar-refractivity contribution in [2.24, 2.45) is 3.77 Å². The van der Waals surface area contributed by atoms with E-state index in [0.29, 0.717) is 0 Å². The van der Waals surface area contributed by atoms with Crippen molar-refractivity contribution in [2.75, 3.05) is 12.5 Å². The normalized spacial score (nSPS) is 17.9. The summed E-state index contributed by atoms with van der Waals surface area (Å²) in [5, 5.41) is 0. The van der Waals surface area contributed by atoms with E-state index in [1.165, 1.54) is 6.26 Å². The van der Waals surface area contributed by atoms with Crippen molar-refractivity contribution in [1.29, 1.82) is 0 Å². The second-order valence-electron chi connectivity index (χ2n) is 3.74. The summed E-state index contributed by atoms with van der Waals surface area (Å²) in [4.78, 5) is 0. The van der Waals surface area contributed by atoms with E-state index < -0.39 is 28.4 Å². The molecule has 80 valence electrons. The zero-order valence-electron chi connectivity index (χ0n) is 8.40. The fraction of sp³-hybridized carbons (Fsp3) is 1.00. The zero-order chi connectivity index (χ0) is 10.9. The van der Waals surface area contributed by atoms with E-state index in [0.717, 1.165) is 6.26 Å². The monoisotopic (exact) mass is 245 g/mol. The van der Waals surface area contributed by atoms with Crippen molar-refractivity contribution in [3.05, 3.63) is 0 Å². The van der Waals surface area contributed by atoms with Gasteiger partial charge in [-0.3, -0.25) is 0 Å². The lowest BCUT2D eigenvalue weighted by molar-refractivity contribution is 0.557. The molecule has 0 heterocycles. The Labute approximate surface area is 81.1 Å². The van der Waals surface area contributed by atoms with Gasteiger partial charge in [0.15, 0.2) is 10.0 Å². The summed E-state index contributed by atoms with van der Waals surface area (Å²) in [5.74, 6) is 0. The molecule has 13 heavy (non-hydrogen) atoms. The maximum Gasteiger partial charge on any atom is 0.259 e. The van der Waals surface area contributed by atoms with E-state index in [-0.39, 0.29) is 0 Å². The third-order valence-electron chi connectivity index (χ3n) is 0.675. The second kappa shape index (κ2) is 3.68. The summed E-state index contributed by atoms with van der Waals surface area (Å²) >= 11 is 0. The highest BCUT2D eigenvalue weighted by molar-refractivity contribution is 8.00. The smallest absolute Gasteiger partial charge is 0.259 e. The average molecular weight is 245 g/mol. The van der Waals surface area contributed by atoms with Gasteiger partial charge in [-0.15, -0.1) is 0 Å². The van der Waals surface area contributed by atoms with Gasteiger partial charge in [-0.2, -0.15) is 0 Å². The first kappa shape index (κ1) is 13.1. The topological polar surface area (TPSA) is 72.8 Å². The van der Waals surface area contributed by atoms with Crippen molar-refractivity contribution in [2.45, 2.75) is 19.6 Å². The highest BCUT2D eigenvalue weighted by Gasteiger charge is 2.21. The average Bonchev–Trinajstić information content (AvgIpc) is 1.43. The Morgan fingerprint density at radius 3 is 1.69 bits per heavy atom. The highest BCUT2D eigenvalue weighted by atomic mass is 32.3. The third kappa shape index (κ3) is 8.41. The first-order chi connectivity index (χ1) is 5.41. The van der Waals surface area contributed by atoms with Crippen molar-refractivity contribution < 1.29 is 16.5 Å². The molecule has 0 aromatic carbocycles. The van der Waals surface area contributed by atoms with E-state index in [1.54, 1.807) is 0 Å². The molecule has 0 aromatic heterocycles. The van der Waals surface area contributed by atoms with Gasteiger partial charge in [-0.25, -0.2) is 12.6 Å². The van der Waals surface area contributed by atoms with E-state index >= 15 is 0 Å². The van der Waals surface area contributed by atoms with Crippen LogP contribution in [0.2, 0.25) is 19.6 Å². The summed E-state index contributed by atoms with van der Waals surface area (Å²) in [7, 11) is -8.68. The van der Waals surface area contributed by atoms with Gasteiger partial charge in [0, 0.05) is 6.26 Å². The lowest BCUT2D eigenvalue weighted by Crippen LogP contribution is -2.28. The molecule has 0 spiro atoms. The molecule has 1 unspecified atom stereocenters. The van der Waals surface area contributed by atoms with Gasteiger partial charge in [0.25, 0.3) is 10.0 Å². The Hall–Kier alpha value is 0.0769. The van der Waals surface area contributed by atoms with E-state index in [2.05, 4.69) is 3.77 Å². The number of nitrogens with zero attached hydrogens (tertiary/aromatic N) is 1. The molecule has 0 N–H and O–H groups in total. The van der Waals surface area contributed by atoms with Crippen molar-refractivity contribution >= 4 is 28.4 Å². The van der Waals surface area contributed by atoms with Crippen LogP contribution in [0.15, 0.2) is 3.77 Å². The molecule has 0 aliphatic carbocycles. The molecule has 0 fully saturated rings. The minimum absolute atomic E-state index is 0.893. The maximum atomic E-state index is 11.5. The lowest BCUT2D eigenvalue weighted by atomic mass is 11.8. The maximum absolute atomic E-state index is 11.5. The Balaban J connectivity index is 5.03. The second-order valence-corrected chi connectivity index (χ2v) is 12.2. The minimum Gasteiger partial charge on any atom is -0.329 e. The van der Waals surface area contributed by atoms with Gasteiger partial charge in [0.2, 0.25) is 8.32 Å². The molecular formula is C5H15NO4S2Si. The van der Waals surface area contributed by atoms with Crippen LogP contribution in [0.3, 0.4) is 0 Å². The molecular weight excluding hydrogens is 230 g/mol. The van der Waals surface area contributed by atoms with Crippen molar-refractivity contribution in [3.63, 3.8) is 0 Å². The summed E-state index contributed by atoms with van der Waals surface area (Å²) in [6.45, 7) is 5.44. The molecule has 0 saturated carbocycles. The Morgan fingerprint density at radius 1 is 1.08 bits per heavy atom. The van der Waals surface area contributed by atoms with Crippen LogP contribution in [-0.4, -0.2) is 33.5 Å². The Kier molecular flexibility index (Phi) is 3.70. The number of sulfonamides is 1. The molecule has 0 aliphatic rings. The van der Waals surface area contributed by atoms with Crippen LogP contribution in [-0.2, 0) is 23.9 Å². The van der Waals surface area contributed by atoms with Crippen LogP contribution < -0.4 is 0 Å². The number of hydrogen-bond acceptors (Lipinski definition) is 4.